The number of nitrogens with one attached hydrogen (secondary N) is 1. The zero-order chi connectivity index (χ0) is 19.2. The summed E-state index contributed by atoms with van der Waals surface area (Å²) in [6.45, 7) is 5.15. The second-order valence-electron chi connectivity index (χ2n) is 6.98. The van der Waals surface area contributed by atoms with Gasteiger partial charge in [-0.1, -0.05) is 44.2 Å². The van der Waals surface area contributed by atoms with Crippen molar-refractivity contribution in [2.75, 3.05) is 13.1 Å². The van der Waals surface area contributed by atoms with Crippen molar-refractivity contribution < 1.29 is 13.2 Å². The Balaban J connectivity index is 2.14. The fourth-order valence-electron chi connectivity index (χ4n) is 3.17. The third kappa shape index (κ3) is 5.44. The number of carbonyl (C=O) groups excluding carboxylic acids is 1. The van der Waals surface area contributed by atoms with Crippen LogP contribution in [0.5, 0.6) is 0 Å². The van der Waals surface area contributed by atoms with E-state index in [0.717, 1.165) is 44.9 Å². The maximum atomic E-state index is 12.8. The molecule has 1 aromatic carbocycles. The molecule has 0 spiro atoms. The Bertz CT molecular complexity index is 715. The number of carbonyl (C=O) groups is 1. The highest BCUT2D eigenvalue weighted by Gasteiger charge is 2.27. The van der Waals surface area contributed by atoms with Crippen molar-refractivity contribution in [3.8, 4) is 0 Å². The van der Waals surface area contributed by atoms with E-state index in [4.69, 9.17) is 11.6 Å². The normalized spacial score (nSPS) is 17.0. The zero-order valence-corrected chi connectivity index (χ0v) is 17.2. The van der Waals surface area contributed by atoms with Crippen molar-refractivity contribution in [1.82, 2.24) is 9.62 Å². The molecule has 1 amide bonds. The van der Waals surface area contributed by atoms with E-state index in [1.165, 1.54) is 22.5 Å². The summed E-state index contributed by atoms with van der Waals surface area (Å²) in [5, 5.41) is 3.19. The first-order valence-corrected chi connectivity index (χ1v) is 11.3. The van der Waals surface area contributed by atoms with Gasteiger partial charge in [0.05, 0.1) is 15.5 Å². The van der Waals surface area contributed by atoms with Gasteiger partial charge in [-0.25, -0.2) is 8.42 Å². The Morgan fingerprint density at radius 1 is 1.23 bits per heavy atom. The van der Waals surface area contributed by atoms with Crippen LogP contribution in [-0.4, -0.2) is 37.8 Å². The lowest BCUT2D eigenvalue weighted by Gasteiger charge is -2.26. The van der Waals surface area contributed by atoms with Crippen molar-refractivity contribution in [3.63, 3.8) is 0 Å². The molecule has 0 radical (unpaired) electrons. The highest BCUT2D eigenvalue weighted by atomic mass is 35.5. The summed E-state index contributed by atoms with van der Waals surface area (Å²) in [6.07, 6.45) is 6.99. The number of hydrogen-bond acceptors (Lipinski definition) is 3. The highest BCUT2D eigenvalue weighted by molar-refractivity contribution is 7.89. The molecule has 1 N–H and O–H groups in total. The van der Waals surface area contributed by atoms with Gasteiger partial charge >= 0.3 is 0 Å². The minimum absolute atomic E-state index is 0.0208. The summed E-state index contributed by atoms with van der Waals surface area (Å²) in [7, 11) is -3.59. The van der Waals surface area contributed by atoms with Crippen molar-refractivity contribution >= 4 is 27.5 Å². The molecule has 0 saturated carbocycles. The molecular weight excluding hydrogens is 372 g/mol. The van der Waals surface area contributed by atoms with E-state index in [2.05, 4.69) is 12.2 Å². The van der Waals surface area contributed by atoms with E-state index in [1.807, 2.05) is 6.92 Å². The van der Waals surface area contributed by atoms with Crippen LogP contribution in [-0.2, 0) is 10.0 Å². The largest absolute Gasteiger partial charge is 0.350 e. The van der Waals surface area contributed by atoms with Gasteiger partial charge in [0.15, 0.2) is 0 Å². The number of hydrogen-bond donors (Lipinski definition) is 1. The summed E-state index contributed by atoms with van der Waals surface area (Å²) in [5.41, 5.74) is 0.215. The third-order valence-corrected chi connectivity index (χ3v) is 6.98. The first kappa shape index (κ1) is 21.2. The van der Waals surface area contributed by atoms with Gasteiger partial charge in [0.2, 0.25) is 10.0 Å². The Morgan fingerprint density at radius 3 is 2.58 bits per heavy atom. The van der Waals surface area contributed by atoms with Gasteiger partial charge < -0.3 is 5.32 Å². The van der Waals surface area contributed by atoms with E-state index >= 15 is 0 Å². The Labute approximate surface area is 162 Å². The van der Waals surface area contributed by atoms with Gasteiger partial charge in [-0.15, -0.1) is 0 Å². The van der Waals surface area contributed by atoms with Crippen LogP contribution in [0.1, 0.15) is 69.2 Å². The molecule has 0 aromatic heterocycles. The van der Waals surface area contributed by atoms with Crippen LogP contribution in [0, 0.1) is 0 Å². The molecule has 1 heterocycles. The highest BCUT2D eigenvalue weighted by Crippen LogP contribution is 2.25. The van der Waals surface area contributed by atoms with Gasteiger partial charge in [0.1, 0.15) is 0 Å². The molecule has 0 bridgehead atoms. The number of benzene rings is 1. The molecule has 1 fully saturated rings. The smallest absolute Gasteiger partial charge is 0.253 e. The fraction of sp³-hybridized carbons (Fsp3) is 0.632. The lowest BCUT2D eigenvalue weighted by atomic mass is 10.1. The van der Waals surface area contributed by atoms with Gasteiger partial charge in [0.25, 0.3) is 5.91 Å². The predicted molar refractivity (Wildman–Crippen MR) is 105 cm³/mol. The van der Waals surface area contributed by atoms with Crippen LogP contribution in [0.4, 0.5) is 0 Å². The second-order valence-corrected chi connectivity index (χ2v) is 9.32. The van der Waals surface area contributed by atoms with E-state index in [0.29, 0.717) is 13.1 Å². The average Bonchev–Trinajstić information content (AvgIpc) is 2.62. The van der Waals surface area contributed by atoms with Crippen molar-refractivity contribution in [2.45, 2.75) is 69.7 Å². The van der Waals surface area contributed by atoms with Crippen LogP contribution < -0.4 is 5.32 Å². The topological polar surface area (TPSA) is 66.5 Å². The maximum Gasteiger partial charge on any atom is 0.253 e. The van der Waals surface area contributed by atoms with Crippen LogP contribution >= 0.6 is 11.6 Å². The second kappa shape index (κ2) is 9.72. The fourth-order valence-corrected chi connectivity index (χ4v) is 4.91. The molecule has 1 atom stereocenters. The number of sulfonamides is 1. The number of halogens is 1. The quantitative estimate of drug-likeness (QED) is 0.664. The van der Waals surface area contributed by atoms with Crippen LogP contribution in [0.3, 0.4) is 0 Å². The van der Waals surface area contributed by atoms with E-state index < -0.39 is 10.0 Å². The third-order valence-electron chi connectivity index (χ3n) is 4.75. The zero-order valence-electron chi connectivity index (χ0n) is 15.6. The van der Waals surface area contributed by atoms with Gasteiger partial charge in [-0.05, 0) is 44.4 Å². The lowest BCUT2D eigenvalue weighted by molar-refractivity contribution is 0.0938. The predicted octanol–water partition coefficient (Wildman–Crippen LogP) is 4.21. The molecule has 1 saturated heterocycles. The summed E-state index contributed by atoms with van der Waals surface area (Å²) in [6, 6.07) is 4.40. The number of amides is 1. The lowest BCUT2D eigenvalue weighted by Crippen LogP contribution is -2.36. The summed E-state index contributed by atoms with van der Waals surface area (Å²) in [4.78, 5) is 12.7. The van der Waals surface area contributed by atoms with E-state index in [9.17, 15) is 13.2 Å². The maximum absolute atomic E-state index is 12.8. The molecule has 146 valence electrons. The Morgan fingerprint density at radius 2 is 1.92 bits per heavy atom. The molecular formula is C19H29ClN2O3S. The summed E-state index contributed by atoms with van der Waals surface area (Å²) in [5.74, 6) is -0.324. The Hall–Kier alpha value is -1.11. The Kier molecular flexibility index (Phi) is 7.92. The number of unbranched alkanes of at least 4 members (excludes halogenated alkanes) is 2. The molecule has 1 aliphatic rings. The molecule has 2 rings (SSSR count). The molecule has 7 heteroatoms. The molecule has 0 aliphatic carbocycles. The average molecular weight is 401 g/mol. The van der Waals surface area contributed by atoms with Crippen LogP contribution in [0.25, 0.3) is 0 Å². The number of piperidine rings is 1. The van der Waals surface area contributed by atoms with Crippen LogP contribution in [0.2, 0.25) is 5.02 Å². The minimum Gasteiger partial charge on any atom is -0.350 e. The molecule has 5 nitrogen and oxygen atoms in total. The minimum atomic E-state index is -3.59. The molecule has 1 aliphatic heterocycles. The monoisotopic (exact) mass is 400 g/mol. The van der Waals surface area contributed by atoms with Crippen molar-refractivity contribution in [3.05, 3.63) is 28.8 Å². The molecule has 1 unspecified atom stereocenters. The standard InChI is InChI=1S/C19H29ClN2O3S/c1-3-4-6-9-15(2)21-19(23)17-14-16(10-11-18(17)20)26(24,25)22-12-7-5-8-13-22/h10-11,14-15H,3-9,12-13H2,1-2H3,(H,21,23). The molecule has 1 aromatic rings. The number of rotatable bonds is 8. The van der Waals surface area contributed by atoms with E-state index in [-0.39, 0.29) is 27.4 Å². The summed E-state index contributed by atoms with van der Waals surface area (Å²) >= 11 is 6.17. The van der Waals surface area contributed by atoms with Gasteiger partial charge in [-0.2, -0.15) is 4.31 Å². The van der Waals surface area contributed by atoms with E-state index in [1.54, 1.807) is 0 Å². The number of nitrogens with zero attached hydrogens (tertiary/aromatic N) is 1. The van der Waals surface area contributed by atoms with Gasteiger partial charge in [-0.3, -0.25) is 4.79 Å². The summed E-state index contributed by atoms with van der Waals surface area (Å²) < 4.78 is 27.1. The van der Waals surface area contributed by atoms with Crippen LogP contribution in [0.15, 0.2) is 23.1 Å². The van der Waals surface area contributed by atoms with Crippen molar-refractivity contribution in [1.29, 1.82) is 0 Å². The SMILES string of the molecule is CCCCCC(C)NC(=O)c1cc(S(=O)(=O)N2CCCCC2)ccc1Cl. The van der Waals surface area contributed by atoms with Gasteiger partial charge in [0, 0.05) is 19.1 Å². The molecule has 26 heavy (non-hydrogen) atoms. The first-order valence-electron chi connectivity index (χ1n) is 9.47. The van der Waals surface area contributed by atoms with Crippen molar-refractivity contribution in [2.24, 2.45) is 0 Å². The first-order chi connectivity index (χ1) is 12.4.